The van der Waals surface area contributed by atoms with Gasteiger partial charge in [-0.1, -0.05) is 18.6 Å². The van der Waals surface area contributed by atoms with Gasteiger partial charge in [0, 0.05) is 40.5 Å². The molecule has 3 N–H and O–H groups in total. The van der Waals surface area contributed by atoms with E-state index >= 15 is 0 Å². The van der Waals surface area contributed by atoms with Crippen molar-refractivity contribution in [2.75, 3.05) is 11.6 Å². The van der Waals surface area contributed by atoms with E-state index in [1.165, 1.54) is 0 Å². The highest BCUT2D eigenvalue weighted by atomic mass is 32.2. The molecule has 1 aromatic carbocycles. The largest absolute Gasteiger partial charge is 0.328 e. The first-order valence-electron chi connectivity index (χ1n) is 7.00. The van der Waals surface area contributed by atoms with Crippen molar-refractivity contribution in [3.05, 3.63) is 29.8 Å². The molecule has 0 heterocycles. The molecule has 1 aliphatic rings. The van der Waals surface area contributed by atoms with Crippen LogP contribution in [0.2, 0.25) is 0 Å². The van der Waals surface area contributed by atoms with Crippen LogP contribution in [-0.2, 0) is 21.3 Å². The van der Waals surface area contributed by atoms with Crippen LogP contribution in [0.15, 0.2) is 24.3 Å². The summed E-state index contributed by atoms with van der Waals surface area (Å²) in [6.07, 6.45) is 5.40. The first kappa shape index (κ1) is 15.2. The van der Waals surface area contributed by atoms with Crippen LogP contribution in [0.1, 0.15) is 31.2 Å². The van der Waals surface area contributed by atoms with E-state index in [1.54, 1.807) is 6.26 Å². The SMILES string of the molecule is CS(=O)Cc1cccc(NC(=O)C2CCCC(N)C2)c1. The number of hydrogen-bond acceptors (Lipinski definition) is 3. The highest BCUT2D eigenvalue weighted by Gasteiger charge is 2.25. The number of benzene rings is 1. The molecule has 1 saturated carbocycles. The molecule has 20 heavy (non-hydrogen) atoms. The average Bonchev–Trinajstić information content (AvgIpc) is 2.38. The van der Waals surface area contributed by atoms with E-state index in [0.29, 0.717) is 5.75 Å². The molecular formula is C15H22N2O2S. The molecule has 0 radical (unpaired) electrons. The van der Waals surface area contributed by atoms with Crippen molar-refractivity contribution in [2.45, 2.75) is 37.5 Å². The van der Waals surface area contributed by atoms with E-state index in [0.717, 1.165) is 36.9 Å². The molecule has 3 atom stereocenters. The topological polar surface area (TPSA) is 72.2 Å². The predicted molar refractivity (Wildman–Crippen MR) is 82.8 cm³/mol. The van der Waals surface area contributed by atoms with E-state index in [2.05, 4.69) is 5.32 Å². The highest BCUT2D eigenvalue weighted by molar-refractivity contribution is 7.83. The molecule has 2 rings (SSSR count). The molecule has 1 amide bonds. The third kappa shape index (κ3) is 4.42. The number of rotatable bonds is 4. The van der Waals surface area contributed by atoms with Gasteiger partial charge in [-0.25, -0.2) is 0 Å². The lowest BCUT2D eigenvalue weighted by molar-refractivity contribution is -0.120. The van der Waals surface area contributed by atoms with E-state index in [-0.39, 0.29) is 17.9 Å². The maximum atomic E-state index is 12.2. The Kier molecular flexibility index (Phi) is 5.31. The van der Waals surface area contributed by atoms with E-state index in [9.17, 15) is 9.00 Å². The molecule has 0 bridgehead atoms. The van der Waals surface area contributed by atoms with Gasteiger partial charge in [0.05, 0.1) is 0 Å². The molecular weight excluding hydrogens is 272 g/mol. The van der Waals surface area contributed by atoms with Gasteiger partial charge in [0.15, 0.2) is 0 Å². The van der Waals surface area contributed by atoms with Crippen LogP contribution in [-0.4, -0.2) is 22.4 Å². The molecule has 0 aliphatic heterocycles. The van der Waals surface area contributed by atoms with Crippen molar-refractivity contribution in [1.29, 1.82) is 0 Å². The summed E-state index contributed by atoms with van der Waals surface area (Å²) in [5.74, 6) is 0.579. The molecule has 0 aromatic heterocycles. The van der Waals surface area contributed by atoms with Gasteiger partial charge in [-0.15, -0.1) is 0 Å². The number of anilines is 1. The monoisotopic (exact) mass is 294 g/mol. The fraction of sp³-hybridized carbons (Fsp3) is 0.533. The summed E-state index contributed by atoms with van der Waals surface area (Å²) < 4.78 is 11.2. The minimum Gasteiger partial charge on any atom is -0.328 e. The third-order valence-electron chi connectivity index (χ3n) is 3.65. The van der Waals surface area contributed by atoms with Crippen molar-refractivity contribution < 1.29 is 9.00 Å². The van der Waals surface area contributed by atoms with Crippen LogP contribution < -0.4 is 11.1 Å². The van der Waals surface area contributed by atoms with Crippen LogP contribution in [0.4, 0.5) is 5.69 Å². The quantitative estimate of drug-likeness (QED) is 0.892. The Labute approximate surface area is 122 Å². The molecule has 0 spiro atoms. The lowest BCUT2D eigenvalue weighted by Gasteiger charge is -2.25. The van der Waals surface area contributed by atoms with Crippen molar-refractivity contribution >= 4 is 22.4 Å². The Hall–Kier alpha value is -1.20. The van der Waals surface area contributed by atoms with Crippen molar-refractivity contribution in [1.82, 2.24) is 0 Å². The summed E-state index contributed by atoms with van der Waals surface area (Å²) in [6.45, 7) is 0. The van der Waals surface area contributed by atoms with Crippen molar-refractivity contribution in [2.24, 2.45) is 11.7 Å². The number of hydrogen-bond donors (Lipinski definition) is 2. The third-order valence-corrected chi connectivity index (χ3v) is 4.39. The van der Waals surface area contributed by atoms with E-state index in [1.807, 2.05) is 24.3 Å². The highest BCUT2D eigenvalue weighted by Crippen LogP contribution is 2.24. The van der Waals surface area contributed by atoms with Gasteiger partial charge in [-0.3, -0.25) is 9.00 Å². The van der Waals surface area contributed by atoms with Crippen LogP contribution >= 0.6 is 0 Å². The normalized spacial score (nSPS) is 24.1. The summed E-state index contributed by atoms with van der Waals surface area (Å²) in [4.78, 5) is 12.2. The summed E-state index contributed by atoms with van der Waals surface area (Å²) in [7, 11) is -0.876. The predicted octanol–water partition coefficient (Wildman–Crippen LogP) is 2.02. The molecule has 3 unspecified atom stereocenters. The van der Waals surface area contributed by atoms with E-state index in [4.69, 9.17) is 5.73 Å². The Morgan fingerprint density at radius 1 is 1.45 bits per heavy atom. The Balaban J connectivity index is 1.98. The zero-order valence-corrected chi connectivity index (χ0v) is 12.6. The molecule has 1 fully saturated rings. The van der Waals surface area contributed by atoms with Gasteiger partial charge >= 0.3 is 0 Å². The Morgan fingerprint density at radius 3 is 2.95 bits per heavy atom. The minimum atomic E-state index is -0.876. The van der Waals surface area contributed by atoms with Crippen LogP contribution in [0.25, 0.3) is 0 Å². The van der Waals surface area contributed by atoms with Crippen LogP contribution in [0.5, 0.6) is 0 Å². The average molecular weight is 294 g/mol. The Morgan fingerprint density at radius 2 is 2.25 bits per heavy atom. The first-order chi connectivity index (χ1) is 9.54. The van der Waals surface area contributed by atoms with E-state index < -0.39 is 10.8 Å². The maximum absolute atomic E-state index is 12.2. The lowest BCUT2D eigenvalue weighted by Crippen LogP contribution is -2.34. The molecule has 1 aliphatic carbocycles. The van der Waals surface area contributed by atoms with Crippen LogP contribution in [0.3, 0.4) is 0 Å². The van der Waals surface area contributed by atoms with Gasteiger partial charge in [-0.2, -0.15) is 0 Å². The summed E-state index contributed by atoms with van der Waals surface area (Å²) in [5, 5.41) is 2.95. The van der Waals surface area contributed by atoms with Gasteiger partial charge in [0.1, 0.15) is 0 Å². The second-order valence-corrected chi connectivity index (χ2v) is 6.97. The maximum Gasteiger partial charge on any atom is 0.227 e. The lowest BCUT2D eigenvalue weighted by atomic mass is 9.85. The second-order valence-electron chi connectivity index (χ2n) is 5.53. The van der Waals surface area contributed by atoms with Crippen LogP contribution in [0, 0.1) is 5.92 Å². The molecule has 1 aromatic rings. The zero-order valence-electron chi connectivity index (χ0n) is 11.8. The van der Waals surface area contributed by atoms with Gasteiger partial charge in [-0.05, 0) is 37.0 Å². The first-order valence-corrected chi connectivity index (χ1v) is 8.72. The van der Waals surface area contributed by atoms with Gasteiger partial charge in [0.2, 0.25) is 5.91 Å². The van der Waals surface area contributed by atoms with Gasteiger partial charge in [0.25, 0.3) is 0 Å². The number of nitrogens with one attached hydrogen (secondary N) is 1. The van der Waals surface area contributed by atoms with Gasteiger partial charge < -0.3 is 11.1 Å². The summed E-state index contributed by atoms with van der Waals surface area (Å²) >= 11 is 0. The standard InChI is InChI=1S/C15H22N2O2S/c1-20(19)10-11-4-2-7-14(8-11)17-15(18)12-5-3-6-13(16)9-12/h2,4,7-8,12-13H,3,5-6,9-10,16H2,1H3,(H,17,18). The minimum absolute atomic E-state index is 0.0164. The zero-order chi connectivity index (χ0) is 14.5. The summed E-state index contributed by atoms with van der Waals surface area (Å²) in [6, 6.07) is 7.70. The van der Waals surface area contributed by atoms with Crippen molar-refractivity contribution in [3.63, 3.8) is 0 Å². The number of nitrogens with two attached hydrogens (primary N) is 1. The second kappa shape index (κ2) is 6.99. The smallest absolute Gasteiger partial charge is 0.227 e. The number of carbonyl (C=O) groups excluding carboxylic acids is 1. The number of carbonyl (C=O) groups is 1. The molecule has 110 valence electrons. The Bertz CT molecular complexity index is 504. The van der Waals surface area contributed by atoms with Crippen molar-refractivity contribution in [3.8, 4) is 0 Å². The number of amides is 1. The molecule has 5 heteroatoms. The molecule has 4 nitrogen and oxygen atoms in total. The summed E-state index contributed by atoms with van der Waals surface area (Å²) in [5.41, 5.74) is 7.67. The fourth-order valence-electron chi connectivity index (χ4n) is 2.68. The fourth-order valence-corrected chi connectivity index (χ4v) is 3.33. The molecule has 0 saturated heterocycles.